The smallest absolute Gasteiger partial charge is 0.228 e. The van der Waals surface area contributed by atoms with Gasteiger partial charge in [-0.1, -0.05) is 18.2 Å². The van der Waals surface area contributed by atoms with Crippen LogP contribution < -0.4 is 14.2 Å². The molecule has 0 fully saturated rings. The highest BCUT2D eigenvalue weighted by Crippen LogP contribution is 2.31. The first kappa shape index (κ1) is 13.2. The Balaban J connectivity index is 2.25. The van der Waals surface area contributed by atoms with Crippen molar-refractivity contribution in [3.8, 4) is 22.8 Å². The van der Waals surface area contributed by atoms with Gasteiger partial charge in [0.15, 0.2) is 11.5 Å². The van der Waals surface area contributed by atoms with Crippen LogP contribution in [0.3, 0.4) is 0 Å². The van der Waals surface area contributed by atoms with Crippen LogP contribution in [0.15, 0.2) is 54.6 Å². The van der Waals surface area contributed by atoms with E-state index in [-0.39, 0.29) is 0 Å². The minimum Gasteiger partial charge on any atom is -0.618 e. The van der Waals surface area contributed by atoms with Crippen LogP contribution >= 0.6 is 0 Å². The van der Waals surface area contributed by atoms with E-state index in [0.717, 1.165) is 15.7 Å². The zero-order valence-electron chi connectivity index (χ0n) is 11.9. The van der Waals surface area contributed by atoms with Crippen molar-refractivity contribution in [3.63, 3.8) is 0 Å². The molecule has 0 spiro atoms. The predicted octanol–water partition coefficient (Wildman–Crippen LogP) is 3.16. The summed E-state index contributed by atoms with van der Waals surface area (Å²) >= 11 is 0. The maximum absolute atomic E-state index is 12.6. The van der Waals surface area contributed by atoms with E-state index in [4.69, 9.17) is 9.47 Å². The summed E-state index contributed by atoms with van der Waals surface area (Å²) in [7, 11) is 3.13. The normalized spacial score (nSPS) is 10.6. The Morgan fingerprint density at radius 3 is 2.19 bits per heavy atom. The van der Waals surface area contributed by atoms with Crippen LogP contribution in [-0.2, 0) is 0 Å². The molecule has 4 heteroatoms. The molecule has 0 N–H and O–H groups in total. The molecular formula is C17H15NO3. The highest BCUT2D eigenvalue weighted by atomic mass is 16.5. The van der Waals surface area contributed by atoms with Gasteiger partial charge in [0.2, 0.25) is 11.2 Å². The number of pyridine rings is 1. The lowest BCUT2D eigenvalue weighted by Gasteiger charge is -2.11. The van der Waals surface area contributed by atoms with Gasteiger partial charge < -0.3 is 14.7 Å². The van der Waals surface area contributed by atoms with Gasteiger partial charge in [-0.15, -0.1) is 0 Å². The number of fused-ring (bicyclic) bond motifs is 1. The van der Waals surface area contributed by atoms with Gasteiger partial charge in [0.25, 0.3) is 0 Å². The summed E-state index contributed by atoms with van der Waals surface area (Å²) < 4.78 is 11.5. The first-order valence-electron chi connectivity index (χ1n) is 6.58. The van der Waals surface area contributed by atoms with Gasteiger partial charge in [-0.05, 0) is 24.3 Å². The topological polar surface area (TPSA) is 45.4 Å². The van der Waals surface area contributed by atoms with Crippen molar-refractivity contribution in [1.29, 1.82) is 0 Å². The van der Waals surface area contributed by atoms with Crippen molar-refractivity contribution in [2.45, 2.75) is 0 Å². The summed E-state index contributed by atoms with van der Waals surface area (Å²) in [6.45, 7) is 0. The molecule has 0 amide bonds. The molecule has 3 aromatic rings. The van der Waals surface area contributed by atoms with Gasteiger partial charge in [0.05, 0.1) is 25.7 Å². The summed E-state index contributed by atoms with van der Waals surface area (Å²) in [6, 6.07) is 16.8. The SMILES string of the molecule is COc1cc2ccc(-c3ccccc3)[n+]([O-])c2cc1OC. The molecular weight excluding hydrogens is 266 g/mol. The van der Waals surface area contributed by atoms with E-state index in [9.17, 15) is 5.21 Å². The standard InChI is InChI=1S/C17H15NO3/c1-20-16-10-13-8-9-14(12-6-4-3-5-7-12)18(19)15(13)11-17(16)21-2/h3-11H,1-2H3. The van der Waals surface area contributed by atoms with E-state index in [1.807, 2.05) is 42.5 Å². The summed E-state index contributed by atoms with van der Waals surface area (Å²) in [6.07, 6.45) is 0. The second kappa shape index (κ2) is 5.32. The van der Waals surface area contributed by atoms with E-state index in [1.165, 1.54) is 0 Å². The van der Waals surface area contributed by atoms with Gasteiger partial charge in [-0.2, -0.15) is 4.73 Å². The fraction of sp³-hybridized carbons (Fsp3) is 0.118. The molecule has 4 nitrogen and oxygen atoms in total. The molecule has 1 heterocycles. The zero-order valence-corrected chi connectivity index (χ0v) is 11.9. The zero-order chi connectivity index (χ0) is 14.8. The van der Waals surface area contributed by atoms with E-state index in [0.29, 0.717) is 22.7 Å². The molecule has 106 valence electrons. The Morgan fingerprint density at radius 1 is 0.857 bits per heavy atom. The van der Waals surface area contributed by atoms with E-state index >= 15 is 0 Å². The largest absolute Gasteiger partial charge is 0.618 e. The number of hydrogen-bond donors (Lipinski definition) is 0. The number of aromatic nitrogens is 1. The molecule has 0 unspecified atom stereocenters. The summed E-state index contributed by atoms with van der Waals surface area (Å²) in [5.74, 6) is 1.15. The number of rotatable bonds is 3. The highest BCUT2D eigenvalue weighted by molar-refractivity contribution is 5.81. The maximum Gasteiger partial charge on any atom is 0.228 e. The molecule has 0 saturated carbocycles. The molecule has 0 aliphatic heterocycles. The molecule has 0 aliphatic rings. The fourth-order valence-electron chi connectivity index (χ4n) is 2.38. The average molecular weight is 281 g/mol. The summed E-state index contributed by atoms with van der Waals surface area (Å²) in [4.78, 5) is 0. The van der Waals surface area contributed by atoms with Crippen molar-refractivity contribution in [3.05, 3.63) is 59.8 Å². The Kier molecular flexibility index (Phi) is 3.36. The Bertz CT molecular complexity index is 785. The van der Waals surface area contributed by atoms with Gasteiger partial charge >= 0.3 is 0 Å². The number of methoxy groups -OCH3 is 2. The lowest BCUT2D eigenvalue weighted by molar-refractivity contribution is -0.565. The Hall–Kier alpha value is -2.75. The quantitative estimate of drug-likeness (QED) is 0.547. The summed E-state index contributed by atoms with van der Waals surface area (Å²) in [5.41, 5.74) is 2.04. The second-order valence-corrected chi connectivity index (χ2v) is 4.64. The third kappa shape index (κ3) is 2.25. The van der Waals surface area contributed by atoms with Crippen LogP contribution in [0.1, 0.15) is 0 Å². The van der Waals surface area contributed by atoms with Crippen LogP contribution in [0.25, 0.3) is 22.2 Å². The second-order valence-electron chi connectivity index (χ2n) is 4.64. The van der Waals surface area contributed by atoms with Crippen LogP contribution in [0, 0.1) is 5.21 Å². The highest BCUT2D eigenvalue weighted by Gasteiger charge is 2.16. The predicted molar refractivity (Wildman–Crippen MR) is 81.4 cm³/mol. The molecule has 2 aromatic carbocycles. The molecule has 3 rings (SSSR count). The van der Waals surface area contributed by atoms with Crippen molar-refractivity contribution in [2.24, 2.45) is 0 Å². The average Bonchev–Trinajstić information content (AvgIpc) is 2.55. The fourth-order valence-corrected chi connectivity index (χ4v) is 2.38. The lowest BCUT2D eigenvalue weighted by Crippen LogP contribution is -2.30. The Labute approximate surface area is 122 Å². The van der Waals surface area contributed by atoms with Crippen molar-refractivity contribution < 1.29 is 14.2 Å². The lowest BCUT2D eigenvalue weighted by atomic mass is 10.1. The van der Waals surface area contributed by atoms with Gasteiger partial charge in [-0.25, -0.2) is 0 Å². The van der Waals surface area contributed by atoms with Crippen molar-refractivity contribution in [1.82, 2.24) is 0 Å². The van der Waals surface area contributed by atoms with Crippen LogP contribution in [-0.4, -0.2) is 14.2 Å². The number of ether oxygens (including phenoxy) is 2. The third-order valence-corrected chi connectivity index (χ3v) is 3.46. The molecule has 0 bridgehead atoms. The first-order valence-corrected chi connectivity index (χ1v) is 6.58. The van der Waals surface area contributed by atoms with Gasteiger partial charge in [0, 0.05) is 11.6 Å². The minimum absolute atomic E-state index is 0.541. The molecule has 21 heavy (non-hydrogen) atoms. The molecule has 0 atom stereocenters. The van der Waals surface area contributed by atoms with E-state index in [2.05, 4.69) is 0 Å². The maximum atomic E-state index is 12.6. The number of benzene rings is 2. The van der Waals surface area contributed by atoms with E-state index in [1.54, 1.807) is 26.4 Å². The third-order valence-electron chi connectivity index (χ3n) is 3.46. The molecule has 0 saturated heterocycles. The van der Waals surface area contributed by atoms with E-state index < -0.39 is 0 Å². The molecule has 1 aromatic heterocycles. The van der Waals surface area contributed by atoms with Gasteiger partial charge in [-0.3, -0.25) is 0 Å². The number of nitrogens with zero attached hydrogens (tertiary/aromatic N) is 1. The van der Waals surface area contributed by atoms with Crippen LogP contribution in [0.4, 0.5) is 0 Å². The first-order chi connectivity index (χ1) is 10.2. The van der Waals surface area contributed by atoms with Crippen LogP contribution in [0.5, 0.6) is 11.5 Å². The number of hydrogen-bond acceptors (Lipinski definition) is 3. The summed E-state index contributed by atoms with van der Waals surface area (Å²) in [5, 5.41) is 13.4. The minimum atomic E-state index is 0.541. The molecule has 0 radical (unpaired) electrons. The van der Waals surface area contributed by atoms with Crippen molar-refractivity contribution >= 4 is 10.9 Å². The monoisotopic (exact) mass is 281 g/mol. The van der Waals surface area contributed by atoms with Crippen LogP contribution in [0.2, 0.25) is 0 Å². The Morgan fingerprint density at radius 2 is 1.52 bits per heavy atom. The van der Waals surface area contributed by atoms with Gasteiger partial charge in [0.1, 0.15) is 0 Å². The molecule has 0 aliphatic carbocycles. The van der Waals surface area contributed by atoms with Crippen molar-refractivity contribution in [2.75, 3.05) is 14.2 Å².